The highest BCUT2D eigenvalue weighted by Crippen LogP contribution is 2.40. The van der Waals surface area contributed by atoms with Crippen LogP contribution in [0.1, 0.15) is 37.3 Å². The SMILES string of the molecule is C[C@@H](C#N)Sc1nnc(C2CC2)n1Cc1ccco1. The van der Waals surface area contributed by atoms with E-state index in [4.69, 9.17) is 9.68 Å². The number of hydrogen-bond acceptors (Lipinski definition) is 5. The van der Waals surface area contributed by atoms with Crippen molar-refractivity contribution in [2.24, 2.45) is 0 Å². The van der Waals surface area contributed by atoms with Crippen molar-refractivity contribution in [3.8, 4) is 6.07 Å². The number of nitrogens with zero attached hydrogens (tertiary/aromatic N) is 4. The molecule has 0 aliphatic heterocycles. The maximum atomic E-state index is 8.93. The zero-order valence-electron chi connectivity index (χ0n) is 10.6. The van der Waals surface area contributed by atoms with Gasteiger partial charge in [-0.2, -0.15) is 5.26 Å². The van der Waals surface area contributed by atoms with Gasteiger partial charge in [-0.15, -0.1) is 10.2 Å². The van der Waals surface area contributed by atoms with Crippen LogP contribution in [0, 0.1) is 11.3 Å². The second-order valence-corrected chi connectivity index (χ2v) is 5.98. The van der Waals surface area contributed by atoms with Gasteiger partial charge >= 0.3 is 0 Å². The topological polar surface area (TPSA) is 67.6 Å². The highest BCUT2D eigenvalue weighted by atomic mass is 32.2. The van der Waals surface area contributed by atoms with Crippen LogP contribution in [-0.4, -0.2) is 20.0 Å². The molecular formula is C13H14N4OS. The number of aromatic nitrogens is 3. The molecule has 0 aromatic carbocycles. The summed E-state index contributed by atoms with van der Waals surface area (Å²) in [5.74, 6) is 2.42. The van der Waals surface area contributed by atoms with E-state index in [0.29, 0.717) is 12.5 Å². The molecule has 2 aromatic heterocycles. The summed E-state index contributed by atoms with van der Waals surface area (Å²) in [5, 5.41) is 18.1. The van der Waals surface area contributed by atoms with E-state index in [2.05, 4.69) is 20.8 Å². The van der Waals surface area contributed by atoms with Crippen LogP contribution in [0.3, 0.4) is 0 Å². The maximum absolute atomic E-state index is 8.93. The largest absolute Gasteiger partial charge is 0.467 e. The molecule has 19 heavy (non-hydrogen) atoms. The van der Waals surface area contributed by atoms with E-state index in [1.165, 1.54) is 24.6 Å². The van der Waals surface area contributed by atoms with Gasteiger partial charge in [0.25, 0.3) is 0 Å². The van der Waals surface area contributed by atoms with Crippen molar-refractivity contribution in [3.05, 3.63) is 30.0 Å². The quantitative estimate of drug-likeness (QED) is 0.784. The molecule has 0 radical (unpaired) electrons. The number of hydrogen-bond donors (Lipinski definition) is 0. The Morgan fingerprint density at radius 2 is 2.42 bits per heavy atom. The zero-order chi connectivity index (χ0) is 13.2. The summed E-state index contributed by atoms with van der Waals surface area (Å²) in [7, 11) is 0. The third kappa shape index (κ3) is 2.66. The van der Waals surface area contributed by atoms with Crippen LogP contribution in [0.25, 0.3) is 0 Å². The first-order valence-corrected chi connectivity index (χ1v) is 7.17. The molecule has 0 N–H and O–H groups in total. The molecule has 1 atom stereocenters. The fourth-order valence-corrected chi connectivity index (χ4v) is 2.66. The van der Waals surface area contributed by atoms with Crippen molar-refractivity contribution in [2.45, 2.75) is 42.6 Å². The first-order valence-electron chi connectivity index (χ1n) is 6.29. The van der Waals surface area contributed by atoms with E-state index in [1.54, 1.807) is 6.26 Å². The molecule has 3 rings (SSSR count). The lowest BCUT2D eigenvalue weighted by atomic mass is 10.3. The number of thioether (sulfide) groups is 1. The minimum atomic E-state index is -0.133. The van der Waals surface area contributed by atoms with Crippen molar-refractivity contribution < 1.29 is 4.42 Å². The molecule has 2 aromatic rings. The van der Waals surface area contributed by atoms with Gasteiger partial charge in [0.15, 0.2) is 5.16 Å². The van der Waals surface area contributed by atoms with Crippen LogP contribution in [0.5, 0.6) is 0 Å². The Bertz CT molecular complexity index is 595. The van der Waals surface area contributed by atoms with E-state index in [1.807, 2.05) is 19.1 Å². The Balaban J connectivity index is 1.89. The third-order valence-corrected chi connectivity index (χ3v) is 4.02. The van der Waals surface area contributed by atoms with Crippen LogP contribution in [0.4, 0.5) is 0 Å². The van der Waals surface area contributed by atoms with Crippen LogP contribution >= 0.6 is 11.8 Å². The molecule has 6 heteroatoms. The lowest BCUT2D eigenvalue weighted by Crippen LogP contribution is -2.06. The Hall–Kier alpha value is -1.74. The molecule has 2 heterocycles. The Labute approximate surface area is 115 Å². The van der Waals surface area contributed by atoms with E-state index in [-0.39, 0.29) is 5.25 Å². The molecule has 1 saturated carbocycles. The molecule has 1 fully saturated rings. The van der Waals surface area contributed by atoms with Gasteiger partial charge in [0.05, 0.1) is 24.1 Å². The molecule has 1 aliphatic rings. The second-order valence-electron chi connectivity index (χ2n) is 4.67. The molecule has 0 spiro atoms. The molecule has 5 nitrogen and oxygen atoms in total. The van der Waals surface area contributed by atoms with Crippen LogP contribution in [-0.2, 0) is 6.54 Å². The van der Waals surface area contributed by atoms with Crippen LogP contribution < -0.4 is 0 Å². The molecule has 1 aliphatic carbocycles. The molecule has 98 valence electrons. The summed E-state index contributed by atoms with van der Waals surface area (Å²) in [5.41, 5.74) is 0. The van der Waals surface area contributed by atoms with E-state index in [9.17, 15) is 0 Å². The van der Waals surface area contributed by atoms with Gasteiger partial charge in [0.2, 0.25) is 0 Å². The van der Waals surface area contributed by atoms with Gasteiger partial charge in [-0.05, 0) is 31.9 Å². The number of rotatable bonds is 5. The van der Waals surface area contributed by atoms with Crippen molar-refractivity contribution in [3.63, 3.8) is 0 Å². The van der Waals surface area contributed by atoms with Crippen molar-refractivity contribution in [2.75, 3.05) is 0 Å². The molecule has 0 unspecified atom stereocenters. The summed E-state index contributed by atoms with van der Waals surface area (Å²) in [6, 6.07) is 6.03. The fraction of sp³-hybridized carbons (Fsp3) is 0.462. The standard InChI is InChI=1S/C13H14N4OS/c1-9(7-14)19-13-16-15-12(10-4-5-10)17(13)8-11-3-2-6-18-11/h2-3,6,9-10H,4-5,8H2,1H3/t9-/m0/s1. The van der Waals surface area contributed by atoms with Gasteiger partial charge in [-0.3, -0.25) is 4.57 Å². The maximum Gasteiger partial charge on any atom is 0.192 e. The van der Waals surface area contributed by atoms with E-state index < -0.39 is 0 Å². The number of nitriles is 1. The predicted octanol–water partition coefficient (Wildman–Crippen LogP) is 2.80. The summed E-state index contributed by atoms with van der Waals surface area (Å²) in [6.07, 6.45) is 4.02. The van der Waals surface area contributed by atoms with Gasteiger partial charge in [-0.25, -0.2) is 0 Å². The minimum Gasteiger partial charge on any atom is -0.467 e. The van der Waals surface area contributed by atoms with E-state index in [0.717, 1.165) is 16.7 Å². The molecule has 0 saturated heterocycles. The fourth-order valence-electron chi connectivity index (χ4n) is 1.92. The lowest BCUT2D eigenvalue weighted by molar-refractivity contribution is 0.478. The van der Waals surface area contributed by atoms with Crippen molar-refractivity contribution >= 4 is 11.8 Å². The summed E-state index contributed by atoms with van der Waals surface area (Å²) in [6.45, 7) is 2.50. The average Bonchev–Trinajstić information content (AvgIpc) is 2.99. The first kappa shape index (κ1) is 12.3. The van der Waals surface area contributed by atoms with Gasteiger partial charge < -0.3 is 4.42 Å². The van der Waals surface area contributed by atoms with Crippen molar-refractivity contribution in [1.82, 2.24) is 14.8 Å². The first-order chi connectivity index (χ1) is 9.28. The van der Waals surface area contributed by atoms with Gasteiger partial charge in [0.1, 0.15) is 11.6 Å². The third-order valence-electron chi connectivity index (χ3n) is 3.05. The summed E-state index contributed by atoms with van der Waals surface area (Å²) >= 11 is 1.44. The van der Waals surface area contributed by atoms with E-state index >= 15 is 0 Å². The zero-order valence-corrected chi connectivity index (χ0v) is 11.4. The van der Waals surface area contributed by atoms with Crippen molar-refractivity contribution in [1.29, 1.82) is 5.26 Å². The number of furan rings is 1. The van der Waals surface area contributed by atoms with Gasteiger partial charge in [-0.1, -0.05) is 11.8 Å². The Kier molecular flexibility index (Phi) is 3.30. The van der Waals surface area contributed by atoms with Gasteiger partial charge in [0, 0.05) is 5.92 Å². The van der Waals surface area contributed by atoms with Crippen LogP contribution in [0.2, 0.25) is 0 Å². The predicted molar refractivity (Wildman–Crippen MR) is 70.7 cm³/mol. The second kappa shape index (κ2) is 5.10. The highest BCUT2D eigenvalue weighted by molar-refractivity contribution is 8.00. The summed E-state index contributed by atoms with van der Waals surface area (Å²) < 4.78 is 7.48. The summed E-state index contributed by atoms with van der Waals surface area (Å²) in [4.78, 5) is 0. The average molecular weight is 274 g/mol. The molecule has 0 bridgehead atoms. The normalized spacial score (nSPS) is 16.2. The lowest BCUT2D eigenvalue weighted by Gasteiger charge is -2.08. The smallest absolute Gasteiger partial charge is 0.192 e. The highest BCUT2D eigenvalue weighted by Gasteiger charge is 2.31. The van der Waals surface area contributed by atoms with Crippen LogP contribution in [0.15, 0.2) is 28.0 Å². The Morgan fingerprint density at radius 3 is 3.05 bits per heavy atom. The minimum absolute atomic E-state index is 0.133. The molecular weight excluding hydrogens is 260 g/mol. The monoisotopic (exact) mass is 274 g/mol. The Morgan fingerprint density at radius 1 is 1.58 bits per heavy atom. The molecule has 0 amide bonds.